The zero-order valence-corrected chi connectivity index (χ0v) is 22.0. The predicted octanol–water partition coefficient (Wildman–Crippen LogP) is 6.92. The molecule has 1 fully saturated rings. The molecule has 0 unspecified atom stereocenters. The molecule has 3 aromatic rings. The van der Waals surface area contributed by atoms with Gasteiger partial charge in [0.05, 0.1) is 22.9 Å². The predicted molar refractivity (Wildman–Crippen MR) is 144 cm³/mol. The lowest BCUT2D eigenvalue weighted by molar-refractivity contribution is -0.117. The molecule has 0 bridgehead atoms. The summed E-state index contributed by atoms with van der Waals surface area (Å²) in [7, 11) is 0. The molecule has 1 aliphatic heterocycles. The van der Waals surface area contributed by atoms with E-state index in [2.05, 4.69) is 16.0 Å². The van der Waals surface area contributed by atoms with Gasteiger partial charge in [0.15, 0.2) is 0 Å². The summed E-state index contributed by atoms with van der Waals surface area (Å²) in [5.74, 6) is -2.27. The van der Waals surface area contributed by atoms with Crippen molar-refractivity contribution >= 4 is 92.8 Å². The summed E-state index contributed by atoms with van der Waals surface area (Å²) < 4.78 is -1.34. The number of fused-ring (bicyclic) bond motifs is 1. The first-order chi connectivity index (χ1) is 17.0. The summed E-state index contributed by atoms with van der Waals surface area (Å²) in [5.41, 5.74) is 3.17. The first kappa shape index (κ1) is 25.2. The van der Waals surface area contributed by atoms with Crippen molar-refractivity contribution in [3.63, 3.8) is 0 Å². The minimum Gasteiger partial charge on any atom is -0.326 e. The SMILES string of the molecule is O=C1Cc2cc(NC(=O)c3cc(NC(=O)[C@H]4[C@H](c5cc(Cl)cc(Cl)c5)C4(Cl)Cl)ccc3Cl)ccc2N1. The Balaban J connectivity index is 1.31. The van der Waals surface area contributed by atoms with Gasteiger partial charge in [0.2, 0.25) is 11.8 Å². The number of nitrogens with one attached hydrogen (secondary N) is 3. The highest BCUT2D eigenvalue weighted by Gasteiger charge is 2.67. The number of alkyl halides is 2. The molecule has 11 heteroatoms. The highest BCUT2D eigenvalue weighted by molar-refractivity contribution is 6.53. The van der Waals surface area contributed by atoms with Crippen molar-refractivity contribution in [1.29, 1.82) is 0 Å². The van der Waals surface area contributed by atoms with E-state index in [1.165, 1.54) is 12.1 Å². The van der Waals surface area contributed by atoms with Crippen LogP contribution in [0.3, 0.4) is 0 Å². The number of halogens is 5. The van der Waals surface area contributed by atoms with E-state index in [1.54, 1.807) is 42.5 Å². The zero-order valence-electron chi connectivity index (χ0n) is 18.2. The van der Waals surface area contributed by atoms with Crippen LogP contribution >= 0.6 is 58.0 Å². The number of anilines is 3. The van der Waals surface area contributed by atoms with Crippen LogP contribution in [0.4, 0.5) is 17.1 Å². The molecule has 1 heterocycles. The van der Waals surface area contributed by atoms with Crippen LogP contribution in [0.2, 0.25) is 15.1 Å². The van der Waals surface area contributed by atoms with Gasteiger partial charge in [-0.15, -0.1) is 23.2 Å². The molecule has 0 spiro atoms. The van der Waals surface area contributed by atoms with Crippen molar-refractivity contribution in [2.45, 2.75) is 16.7 Å². The average molecular weight is 584 g/mol. The van der Waals surface area contributed by atoms with Crippen LogP contribution < -0.4 is 16.0 Å². The fraction of sp³-hybridized carbons (Fsp3) is 0.160. The second-order valence-electron chi connectivity index (χ2n) is 8.57. The average Bonchev–Trinajstić information content (AvgIpc) is 3.18. The Hall–Kier alpha value is -2.48. The van der Waals surface area contributed by atoms with Gasteiger partial charge in [-0.05, 0) is 65.7 Å². The third kappa shape index (κ3) is 4.89. The van der Waals surface area contributed by atoms with Crippen LogP contribution in [0.1, 0.15) is 27.4 Å². The van der Waals surface area contributed by atoms with Gasteiger partial charge < -0.3 is 16.0 Å². The first-order valence-electron chi connectivity index (χ1n) is 10.7. The number of carbonyl (C=O) groups is 3. The number of carbonyl (C=O) groups excluding carboxylic acids is 3. The largest absolute Gasteiger partial charge is 0.326 e. The number of rotatable bonds is 5. The van der Waals surface area contributed by atoms with Gasteiger partial charge in [0.1, 0.15) is 4.33 Å². The molecule has 3 N–H and O–H groups in total. The van der Waals surface area contributed by atoms with Crippen molar-refractivity contribution in [3.05, 3.63) is 86.4 Å². The molecule has 184 valence electrons. The quantitative estimate of drug-likeness (QED) is 0.285. The lowest BCUT2D eigenvalue weighted by Crippen LogP contribution is -2.18. The highest BCUT2D eigenvalue weighted by Crippen LogP contribution is 2.65. The molecule has 0 radical (unpaired) electrons. The Kier molecular flexibility index (Phi) is 6.60. The number of hydrogen-bond donors (Lipinski definition) is 3. The van der Waals surface area contributed by atoms with Crippen LogP contribution in [-0.2, 0) is 16.0 Å². The lowest BCUT2D eigenvalue weighted by atomic mass is 10.1. The van der Waals surface area contributed by atoms with Crippen LogP contribution in [0.5, 0.6) is 0 Å². The second kappa shape index (κ2) is 9.43. The Bertz CT molecular complexity index is 1420. The van der Waals surface area contributed by atoms with Gasteiger partial charge >= 0.3 is 0 Å². The normalized spacial score (nSPS) is 19.3. The van der Waals surface area contributed by atoms with E-state index in [0.29, 0.717) is 32.7 Å². The first-order valence-corrected chi connectivity index (χ1v) is 12.6. The van der Waals surface area contributed by atoms with E-state index < -0.39 is 28.0 Å². The number of benzene rings is 3. The van der Waals surface area contributed by atoms with Crippen molar-refractivity contribution in [1.82, 2.24) is 0 Å². The second-order valence-corrected chi connectivity index (χ2v) is 11.3. The summed E-state index contributed by atoms with van der Waals surface area (Å²) in [6.07, 6.45) is 0.244. The molecule has 0 saturated heterocycles. The molecule has 0 aromatic heterocycles. The summed E-state index contributed by atoms with van der Waals surface area (Å²) in [6, 6.07) is 14.6. The van der Waals surface area contributed by atoms with Crippen LogP contribution in [-0.4, -0.2) is 22.1 Å². The molecule has 2 atom stereocenters. The zero-order chi connectivity index (χ0) is 25.8. The molecule has 2 aliphatic rings. The van der Waals surface area contributed by atoms with E-state index >= 15 is 0 Å². The minimum atomic E-state index is -1.34. The van der Waals surface area contributed by atoms with Crippen LogP contribution in [0.25, 0.3) is 0 Å². The molecular weight excluding hydrogens is 568 g/mol. The fourth-order valence-electron chi connectivity index (χ4n) is 4.32. The molecule has 3 amide bonds. The molecule has 3 aromatic carbocycles. The standard InChI is InChI=1S/C25H16Cl5N3O3/c26-13-5-12(6-14(27)9-13)21-22(25(21,29)30)24(36)32-16-1-3-18(28)17(10-16)23(35)31-15-2-4-19-11(7-15)8-20(34)33-19/h1-7,9-10,21-22H,8H2,(H,31,35)(H,32,36)(H,33,34)/t21-,22+/m0/s1. The maximum Gasteiger partial charge on any atom is 0.257 e. The number of amides is 3. The summed E-state index contributed by atoms with van der Waals surface area (Å²) in [6.45, 7) is 0. The van der Waals surface area contributed by atoms with Crippen molar-refractivity contribution in [3.8, 4) is 0 Å². The Morgan fingerprint density at radius 1 is 0.889 bits per heavy atom. The van der Waals surface area contributed by atoms with Gasteiger partial charge in [-0.2, -0.15) is 0 Å². The highest BCUT2D eigenvalue weighted by atomic mass is 35.5. The van der Waals surface area contributed by atoms with Crippen molar-refractivity contribution in [2.75, 3.05) is 16.0 Å². The Labute approximate surface area is 231 Å². The van der Waals surface area contributed by atoms with Gasteiger partial charge in [-0.1, -0.05) is 34.8 Å². The molecule has 5 rings (SSSR count). The van der Waals surface area contributed by atoms with E-state index in [1.807, 2.05) is 0 Å². The summed E-state index contributed by atoms with van der Waals surface area (Å²) >= 11 is 31.3. The maximum atomic E-state index is 13.0. The van der Waals surface area contributed by atoms with E-state index in [0.717, 1.165) is 5.56 Å². The molecule has 6 nitrogen and oxygen atoms in total. The molecular formula is C25H16Cl5N3O3. The lowest BCUT2D eigenvalue weighted by Gasteiger charge is -2.11. The van der Waals surface area contributed by atoms with Crippen molar-refractivity contribution in [2.24, 2.45) is 5.92 Å². The molecule has 36 heavy (non-hydrogen) atoms. The van der Waals surface area contributed by atoms with E-state index in [4.69, 9.17) is 58.0 Å². The van der Waals surface area contributed by atoms with Crippen LogP contribution in [0, 0.1) is 5.92 Å². The number of hydrogen-bond acceptors (Lipinski definition) is 3. The van der Waals surface area contributed by atoms with E-state index in [9.17, 15) is 14.4 Å². The Morgan fingerprint density at radius 2 is 1.56 bits per heavy atom. The third-order valence-corrected chi connectivity index (χ3v) is 7.75. The minimum absolute atomic E-state index is 0.103. The van der Waals surface area contributed by atoms with Gasteiger partial charge in [0.25, 0.3) is 5.91 Å². The van der Waals surface area contributed by atoms with Gasteiger partial charge in [-0.3, -0.25) is 14.4 Å². The fourth-order valence-corrected chi connectivity index (χ4v) is 5.90. The van der Waals surface area contributed by atoms with Gasteiger partial charge in [0, 0.05) is 33.0 Å². The Morgan fingerprint density at radius 3 is 2.28 bits per heavy atom. The van der Waals surface area contributed by atoms with Crippen molar-refractivity contribution < 1.29 is 14.4 Å². The maximum absolute atomic E-state index is 13.0. The smallest absolute Gasteiger partial charge is 0.257 e. The monoisotopic (exact) mass is 581 g/mol. The summed E-state index contributed by atoms with van der Waals surface area (Å²) in [4.78, 5) is 37.5. The molecule has 1 aliphatic carbocycles. The van der Waals surface area contributed by atoms with Gasteiger partial charge in [-0.25, -0.2) is 0 Å². The van der Waals surface area contributed by atoms with Crippen LogP contribution in [0.15, 0.2) is 54.6 Å². The van der Waals surface area contributed by atoms with E-state index in [-0.39, 0.29) is 22.9 Å². The molecule has 1 saturated carbocycles. The topological polar surface area (TPSA) is 87.3 Å². The summed E-state index contributed by atoms with van der Waals surface area (Å²) in [5, 5.41) is 9.28. The third-order valence-electron chi connectivity index (χ3n) is 6.05.